The van der Waals surface area contributed by atoms with Gasteiger partial charge in [-0.15, -0.1) is 0 Å². The van der Waals surface area contributed by atoms with Crippen molar-refractivity contribution >= 4 is 17.7 Å². The first-order chi connectivity index (χ1) is 9.06. The minimum Gasteiger partial charge on any atom is -0.345 e. The Morgan fingerprint density at radius 2 is 1.63 bits per heavy atom. The normalized spacial score (nSPS) is 13.5. The molecule has 3 N–H and O–H groups in total. The van der Waals surface area contributed by atoms with Crippen molar-refractivity contribution in [2.24, 2.45) is 0 Å². The summed E-state index contributed by atoms with van der Waals surface area (Å²) in [4.78, 5) is 34.1. The van der Waals surface area contributed by atoms with Crippen molar-refractivity contribution in [3.63, 3.8) is 0 Å². The van der Waals surface area contributed by atoms with Crippen molar-refractivity contribution in [2.45, 2.75) is 18.9 Å². The lowest BCUT2D eigenvalue weighted by molar-refractivity contribution is -0.139. The molecule has 0 unspecified atom stereocenters. The van der Waals surface area contributed by atoms with Crippen LogP contribution in [0, 0.1) is 5.82 Å². The second kappa shape index (κ2) is 5.47. The van der Waals surface area contributed by atoms with Crippen molar-refractivity contribution in [3.8, 4) is 0 Å². The fraction of sp³-hybridized carbons (Fsp3) is 0.250. The lowest BCUT2D eigenvalue weighted by Crippen LogP contribution is -2.48. The Bertz CT molecular complexity index is 511. The Morgan fingerprint density at radius 1 is 1.00 bits per heavy atom. The van der Waals surface area contributed by atoms with Crippen LogP contribution in [0.5, 0.6) is 0 Å². The highest BCUT2D eigenvalue weighted by atomic mass is 19.1. The number of nitrogens with one attached hydrogen (secondary N) is 3. The third-order valence-electron chi connectivity index (χ3n) is 2.51. The Balaban J connectivity index is 1.80. The predicted molar refractivity (Wildman–Crippen MR) is 63.2 cm³/mol. The summed E-state index contributed by atoms with van der Waals surface area (Å²) in [5.74, 6) is -2.83. The van der Waals surface area contributed by atoms with Crippen molar-refractivity contribution in [1.29, 1.82) is 0 Å². The molecule has 0 bridgehead atoms. The van der Waals surface area contributed by atoms with Gasteiger partial charge in [-0.1, -0.05) is 0 Å². The molecule has 0 spiro atoms. The molecule has 1 aromatic carbocycles. The molecule has 100 valence electrons. The minimum atomic E-state index is -0.942. The van der Waals surface area contributed by atoms with Crippen LogP contribution in [-0.2, 0) is 9.59 Å². The van der Waals surface area contributed by atoms with Gasteiger partial charge in [0, 0.05) is 11.6 Å². The first-order valence-corrected chi connectivity index (χ1v) is 5.73. The van der Waals surface area contributed by atoms with E-state index in [-0.39, 0.29) is 11.6 Å². The Hall–Kier alpha value is -2.44. The van der Waals surface area contributed by atoms with Crippen LogP contribution in [0.15, 0.2) is 24.3 Å². The molecule has 19 heavy (non-hydrogen) atoms. The molecule has 1 aliphatic rings. The van der Waals surface area contributed by atoms with E-state index in [2.05, 4.69) is 10.7 Å². The first-order valence-electron chi connectivity index (χ1n) is 5.73. The largest absolute Gasteiger partial charge is 0.345 e. The van der Waals surface area contributed by atoms with Crippen LogP contribution >= 0.6 is 0 Å². The molecule has 0 aromatic heterocycles. The smallest absolute Gasteiger partial charge is 0.327 e. The second-order valence-electron chi connectivity index (χ2n) is 4.16. The molecular formula is C12H12FN3O3. The standard InChI is InChI=1S/C12H12FN3O3/c13-8-3-1-7(2-4-8)10(17)15-16-12(19)11(18)14-9-5-6-9/h1-4,9H,5-6H2,(H,14,18)(H,15,17)(H,16,19). The van der Waals surface area contributed by atoms with Crippen LogP contribution in [0.3, 0.4) is 0 Å². The summed E-state index contributed by atoms with van der Waals surface area (Å²) in [7, 11) is 0. The molecule has 0 heterocycles. The quantitative estimate of drug-likeness (QED) is 0.514. The summed E-state index contributed by atoms with van der Waals surface area (Å²) in [6.07, 6.45) is 1.72. The number of carbonyl (C=O) groups excluding carboxylic acids is 3. The third kappa shape index (κ3) is 3.77. The van der Waals surface area contributed by atoms with E-state index in [0.717, 1.165) is 25.0 Å². The summed E-state index contributed by atoms with van der Waals surface area (Å²) < 4.78 is 12.6. The van der Waals surface area contributed by atoms with Crippen LogP contribution in [0.1, 0.15) is 23.2 Å². The molecule has 1 fully saturated rings. The van der Waals surface area contributed by atoms with E-state index < -0.39 is 23.5 Å². The Labute approximate surface area is 108 Å². The van der Waals surface area contributed by atoms with Gasteiger partial charge in [0.15, 0.2) is 0 Å². The van der Waals surface area contributed by atoms with E-state index in [4.69, 9.17) is 0 Å². The molecule has 2 rings (SSSR count). The lowest BCUT2D eigenvalue weighted by Gasteiger charge is -2.07. The summed E-state index contributed by atoms with van der Waals surface area (Å²) in [6, 6.07) is 4.83. The molecule has 0 radical (unpaired) electrons. The SMILES string of the molecule is O=C(NNC(=O)c1ccc(F)cc1)C(=O)NC1CC1. The number of amides is 3. The van der Waals surface area contributed by atoms with Gasteiger partial charge >= 0.3 is 11.8 Å². The number of carbonyl (C=O) groups is 3. The van der Waals surface area contributed by atoms with Gasteiger partial charge in [-0.25, -0.2) is 4.39 Å². The fourth-order valence-corrected chi connectivity index (χ4v) is 1.32. The van der Waals surface area contributed by atoms with E-state index in [0.29, 0.717) is 0 Å². The molecule has 3 amide bonds. The second-order valence-corrected chi connectivity index (χ2v) is 4.16. The fourth-order valence-electron chi connectivity index (χ4n) is 1.32. The van der Waals surface area contributed by atoms with E-state index in [9.17, 15) is 18.8 Å². The van der Waals surface area contributed by atoms with Crippen molar-refractivity contribution in [1.82, 2.24) is 16.2 Å². The van der Waals surface area contributed by atoms with Crippen LogP contribution < -0.4 is 16.2 Å². The maximum atomic E-state index is 12.6. The van der Waals surface area contributed by atoms with Gasteiger partial charge in [0.05, 0.1) is 0 Å². The molecule has 1 saturated carbocycles. The number of halogens is 1. The monoisotopic (exact) mass is 265 g/mol. The van der Waals surface area contributed by atoms with Gasteiger partial charge < -0.3 is 5.32 Å². The van der Waals surface area contributed by atoms with Gasteiger partial charge in [-0.2, -0.15) is 0 Å². The average molecular weight is 265 g/mol. The zero-order valence-corrected chi connectivity index (χ0v) is 9.90. The van der Waals surface area contributed by atoms with E-state index in [1.807, 2.05) is 5.43 Å². The van der Waals surface area contributed by atoms with Gasteiger partial charge in [0.2, 0.25) is 0 Å². The predicted octanol–water partition coefficient (Wildman–Crippen LogP) is -0.135. The lowest BCUT2D eigenvalue weighted by atomic mass is 10.2. The molecule has 0 atom stereocenters. The van der Waals surface area contributed by atoms with Crippen LogP contribution in [0.4, 0.5) is 4.39 Å². The van der Waals surface area contributed by atoms with Gasteiger partial charge in [0.25, 0.3) is 5.91 Å². The van der Waals surface area contributed by atoms with Gasteiger partial charge in [-0.3, -0.25) is 25.2 Å². The maximum absolute atomic E-state index is 12.6. The number of hydrogen-bond acceptors (Lipinski definition) is 3. The van der Waals surface area contributed by atoms with Crippen LogP contribution in [0.25, 0.3) is 0 Å². The number of hydrogen-bond donors (Lipinski definition) is 3. The maximum Gasteiger partial charge on any atom is 0.327 e. The van der Waals surface area contributed by atoms with E-state index in [1.54, 1.807) is 0 Å². The molecule has 0 aliphatic heterocycles. The third-order valence-corrected chi connectivity index (χ3v) is 2.51. The van der Waals surface area contributed by atoms with Gasteiger partial charge in [0.1, 0.15) is 5.82 Å². The highest BCUT2D eigenvalue weighted by Crippen LogP contribution is 2.18. The summed E-state index contributed by atoms with van der Waals surface area (Å²) in [6.45, 7) is 0. The molecular weight excluding hydrogens is 253 g/mol. The summed E-state index contributed by atoms with van der Waals surface area (Å²) in [5.41, 5.74) is 4.23. The topological polar surface area (TPSA) is 87.3 Å². The highest BCUT2D eigenvalue weighted by Gasteiger charge is 2.26. The van der Waals surface area contributed by atoms with E-state index >= 15 is 0 Å². The van der Waals surface area contributed by atoms with Gasteiger partial charge in [-0.05, 0) is 37.1 Å². The molecule has 1 aromatic rings. The summed E-state index contributed by atoms with van der Waals surface area (Å²) >= 11 is 0. The van der Waals surface area contributed by atoms with Crippen molar-refractivity contribution in [3.05, 3.63) is 35.6 Å². The highest BCUT2D eigenvalue weighted by molar-refractivity contribution is 6.35. The molecule has 6 nitrogen and oxygen atoms in total. The van der Waals surface area contributed by atoms with Crippen LogP contribution in [0.2, 0.25) is 0 Å². The first kappa shape index (κ1) is 13.0. The Morgan fingerprint density at radius 3 is 2.21 bits per heavy atom. The van der Waals surface area contributed by atoms with Crippen molar-refractivity contribution < 1.29 is 18.8 Å². The molecule has 7 heteroatoms. The summed E-state index contributed by atoms with van der Waals surface area (Å²) in [5, 5.41) is 2.47. The van der Waals surface area contributed by atoms with Crippen molar-refractivity contribution in [2.75, 3.05) is 0 Å². The zero-order chi connectivity index (χ0) is 13.8. The van der Waals surface area contributed by atoms with E-state index in [1.165, 1.54) is 12.1 Å². The number of rotatable bonds is 2. The van der Waals surface area contributed by atoms with Crippen LogP contribution in [-0.4, -0.2) is 23.8 Å². The number of benzene rings is 1. The number of hydrazine groups is 1. The minimum absolute atomic E-state index is 0.0612. The zero-order valence-electron chi connectivity index (χ0n) is 9.90. The molecule has 0 saturated heterocycles. The Kier molecular flexibility index (Phi) is 3.74. The molecule has 1 aliphatic carbocycles. The average Bonchev–Trinajstić information content (AvgIpc) is 3.20.